The molecule has 0 unspecified atom stereocenters. The van der Waals surface area contributed by atoms with Gasteiger partial charge in [0.25, 0.3) is 5.56 Å². The largest absolute Gasteiger partial charge is 0.507 e. The van der Waals surface area contributed by atoms with E-state index in [1.807, 2.05) is 0 Å². The molecule has 0 spiro atoms. The molecule has 150 valence electrons. The Labute approximate surface area is 170 Å². The Morgan fingerprint density at radius 3 is 2.34 bits per heavy atom. The summed E-state index contributed by atoms with van der Waals surface area (Å²) >= 11 is 6.31. The van der Waals surface area contributed by atoms with Crippen molar-refractivity contribution in [1.82, 2.24) is 9.13 Å². The van der Waals surface area contributed by atoms with Gasteiger partial charge in [0.2, 0.25) is 5.78 Å². The molecule has 8 heteroatoms. The molecule has 0 bridgehead atoms. The summed E-state index contributed by atoms with van der Waals surface area (Å²) in [6, 6.07) is 6.54. The highest BCUT2D eigenvalue weighted by atomic mass is 35.5. The fourth-order valence-corrected chi connectivity index (χ4v) is 4.30. The third-order valence-electron chi connectivity index (χ3n) is 5.57. The number of aryl methyl sites for hydroxylation is 1. The van der Waals surface area contributed by atoms with Gasteiger partial charge in [0, 0.05) is 18.7 Å². The van der Waals surface area contributed by atoms with E-state index in [2.05, 4.69) is 0 Å². The molecule has 1 aromatic heterocycles. The van der Waals surface area contributed by atoms with E-state index in [1.54, 1.807) is 0 Å². The molecule has 3 aromatic rings. The van der Waals surface area contributed by atoms with E-state index in [4.69, 9.17) is 11.6 Å². The highest BCUT2D eigenvalue weighted by molar-refractivity contribution is 6.36. The number of rotatable bonds is 3. The average molecular weight is 415 g/mol. The second kappa shape index (κ2) is 7.08. The Kier molecular flexibility index (Phi) is 4.70. The number of hydrogen-bond acceptors (Lipinski definition) is 5. The van der Waals surface area contributed by atoms with Crippen LogP contribution in [0, 0.1) is 0 Å². The van der Waals surface area contributed by atoms with Crippen molar-refractivity contribution in [2.24, 2.45) is 7.05 Å². The van der Waals surface area contributed by atoms with Crippen LogP contribution in [-0.4, -0.2) is 25.1 Å². The molecular weight excluding hydrogens is 396 g/mol. The van der Waals surface area contributed by atoms with E-state index in [1.165, 1.54) is 46.5 Å². The molecule has 1 aliphatic carbocycles. The first-order valence-electron chi connectivity index (χ1n) is 9.31. The SMILES string of the molecule is Cn1c(=O)n(C2CCCC2)c(=O)c2cc(Cl)c(C(=O)c3c(O)cccc3O)cc21. The van der Waals surface area contributed by atoms with Crippen molar-refractivity contribution in [3.8, 4) is 11.5 Å². The summed E-state index contributed by atoms with van der Waals surface area (Å²) in [6.07, 6.45) is 3.49. The first kappa shape index (κ1) is 19.3. The van der Waals surface area contributed by atoms with Gasteiger partial charge in [-0.1, -0.05) is 30.5 Å². The average Bonchev–Trinajstić information content (AvgIpc) is 3.20. The third kappa shape index (κ3) is 3.02. The van der Waals surface area contributed by atoms with Gasteiger partial charge >= 0.3 is 5.69 Å². The van der Waals surface area contributed by atoms with Crippen molar-refractivity contribution in [2.75, 3.05) is 0 Å². The number of fused-ring (bicyclic) bond motifs is 1. The molecule has 2 aromatic carbocycles. The van der Waals surface area contributed by atoms with Crippen LogP contribution in [0.2, 0.25) is 5.02 Å². The number of phenols is 2. The molecule has 1 saturated carbocycles. The van der Waals surface area contributed by atoms with Gasteiger partial charge < -0.3 is 10.2 Å². The zero-order valence-corrected chi connectivity index (χ0v) is 16.4. The van der Waals surface area contributed by atoms with Gasteiger partial charge in [-0.15, -0.1) is 0 Å². The van der Waals surface area contributed by atoms with Crippen LogP contribution in [0.15, 0.2) is 39.9 Å². The van der Waals surface area contributed by atoms with Crippen molar-refractivity contribution in [3.05, 3.63) is 67.3 Å². The fraction of sp³-hybridized carbons (Fsp3) is 0.286. The summed E-state index contributed by atoms with van der Waals surface area (Å²) in [5.41, 5.74) is -0.930. The molecule has 1 aliphatic rings. The topological polar surface area (TPSA) is 102 Å². The van der Waals surface area contributed by atoms with Gasteiger partial charge in [0.05, 0.1) is 15.9 Å². The van der Waals surface area contributed by atoms with Crippen LogP contribution in [0.3, 0.4) is 0 Å². The van der Waals surface area contributed by atoms with Gasteiger partial charge in [0.1, 0.15) is 17.1 Å². The van der Waals surface area contributed by atoms with E-state index in [0.717, 1.165) is 25.7 Å². The number of carbonyl (C=O) groups is 1. The molecule has 1 heterocycles. The Balaban J connectivity index is 1.96. The molecular formula is C21H19ClN2O5. The zero-order chi connectivity index (χ0) is 20.9. The minimum Gasteiger partial charge on any atom is -0.507 e. The first-order chi connectivity index (χ1) is 13.8. The van der Waals surface area contributed by atoms with Crippen molar-refractivity contribution in [3.63, 3.8) is 0 Å². The normalized spacial score (nSPS) is 14.6. The predicted octanol–water partition coefficient (Wildman–Crippen LogP) is 3.11. The lowest BCUT2D eigenvalue weighted by molar-refractivity contribution is 0.103. The van der Waals surface area contributed by atoms with Gasteiger partial charge in [-0.05, 0) is 37.1 Å². The van der Waals surface area contributed by atoms with Gasteiger partial charge in [-0.25, -0.2) is 4.79 Å². The summed E-state index contributed by atoms with van der Waals surface area (Å²) in [6.45, 7) is 0. The van der Waals surface area contributed by atoms with Crippen LogP contribution < -0.4 is 11.2 Å². The van der Waals surface area contributed by atoms with Crippen molar-refractivity contribution >= 4 is 28.3 Å². The molecule has 0 saturated heterocycles. The van der Waals surface area contributed by atoms with Crippen molar-refractivity contribution in [1.29, 1.82) is 0 Å². The quantitative estimate of drug-likeness (QED) is 0.641. The van der Waals surface area contributed by atoms with E-state index in [9.17, 15) is 24.6 Å². The number of benzene rings is 2. The highest BCUT2D eigenvalue weighted by Crippen LogP contribution is 2.33. The van der Waals surface area contributed by atoms with Crippen LogP contribution in [0.4, 0.5) is 0 Å². The fourth-order valence-electron chi connectivity index (χ4n) is 4.05. The molecule has 0 aliphatic heterocycles. The summed E-state index contributed by atoms with van der Waals surface area (Å²) < 4.78 is 2.61. The van der Waals surface area contributed by atoms with Gasteiger partial charge in [0.15, 0.2) is 0 Å². The van der Waals surface area contributed by atoms with Crippen molar-refractivity contribution < 1.29 is 15.0 Å². The molecule has 4 rings (SSSR count). The second-order valence-corrected chi connectivity index (χ2v) is 7.71. The zero-order valence-electron chi connectivity index (χ0n) is 15.7. The van der Waals surface area contributed by atoms with Gasteiger partial charge in [-0.2, -0.15) is 0 Å². The molecule has 2 N–H and O–H groups in total. The monoisotopic (exact) mass is 414 g/mol. The maximum atomic E-state index is 13.0. The van der Waals surface area contributed by atoms with E-state index >= 15 is 0 Å². The summed E-state index contributed by atoms with van der Waals surface area (Å²) in [7, 11) is 1.54. The van der Waals surface area contributed by atoms with Crippen LogP contribution in [-0.2, 0) is 7.05 Å². The van der Waals surface area contributed by atoms with Crippen LogP contribution in [0.25, 0.3) is 10.9 Å². The number of nitrogens with zero attached hydrogens (tertiary/aromatic N) is 2. The van der Waals surface area contributed by atoms with Crippen LogP contribution in [0.1, 0.15) is 47.6 Å². The number of aromatic hydroxyl groups is 2. The molecule has 0 amide bonds. The lowest BCUT2D eigenvalue weighted by atomic mass is 10.00. The lowest BCUT2D eigenvalue weighted by Crippen LogP contribution is -2.41. The highest BCUT2D eigenvalue weighted by Gasteiger charge is 2.25. The molecule has 0 radical (unpaired) electrons. The molecule has 0 atom stereocenters. The van der Waals surface area contributed by atoms with Crippen LogP contribution >= 0.6 is 11.6 Å². The molecule has 29 heavy (non-hydrogen) atoms. The van der Waals surface area contributed by atoms with Crippen LogP contribution in [0.5, 0.6) is 11.5 Å². The molecule has 1 fully saturated rings. The predicted molar refractivity (Wildman–Crippen MR) is 109 cm³/mol. The maximum Gasteiger partial charge on any atom is 0.331 e. The Bertz CT molecular complexity index is 1250. The number of ketones is 1. The van der Waals surface area contributed by atoms with Crippen molar-refractivity contribution in [2.45, 2.75) is 31.7 Å². The van der Waals surface area contributed by atoms with Gasteiger partial charge in [-0.3, -0.25) is 18.7 Å². The maximum absolute atomic E-state index is 13.0. The standard InChI is InChI=1S/C21H19ClN2O5/c1-23-15-10-12(19(27)18-16(25)7-4-8-17(18)26)14(22)9-13(15)20(28)24(21(23)29)11-5-2-3-6-11/h4,7-11,25-26H,2-3,5-6H2,1H3. The first-order valence-corrected chi connectivity index (χ1v) is 9.69. The minimum atomic E-state index is -0.708. The number of aromatic nitrogens is 2. The van der Waals surface area contributed by atoms with E-state index < -0.39 is 28.5 Å². The molecule has 7 nitrogen and oxygen atoms in total. The summed E-state index contributed by atoms with van der Waals surface area (Å²) in [5.74, 6) is -1.49. The summed E-state index contributed by atoms with van der Waals surface area (Å²) in [5, 5.41) is 20.2. The number of halogens is 1. The Hall–Kier alpha value is -3.06. The number of hydrogen-bond donors (Lipinski definition) is 2. The van der Waals surface area contributed by atoms with E-state index in [0.29, 0.717) is 0 Å². The summed E-state index contributed by atoms with van der Waals surface area (Å²) in [4.78, 5) is 38.8. The smallest absolute Gasteiger partial charge is 0.331 e. The third-order valence-corrected chi connectivity index (χ3v) is 5.88. The second-order valence-electron chi connectivity index (χ2n) is 7.30. The minimum absolute atomic E-state index is 0.00104. The van der Waals surface area contributed by atoms with E-state index in [-0.39, 0.29) is 33.1 Å². The lowest BCUT2D eigenvalue weighted by Gasteiger charge is -2.17. The number of carbonyl (C=O) groups excluding carboxylic acids is 1. The Morgan fingerprint density at radius 2 is 1.72 bits per heavy atom. The Morgan fingerprint density at radius 1 is 1.10 bits per heavy atom. The number of phenolic OH excluding ortho intramolecular Hbond substituents is 2.